The number of carbonyl (C=O) groups is 2. The zero-order valence-electron chi connectivity index (χ0n) is 18.4. The number of ether oxygens (including phenoxy) is 1. The van der Waals surface area contributed by atoms with Crippen molar-refractivity contribution in [3.63, 3.8) is 0 Å². The van der Waals surface area contributed by atoms with Gasteiger partial charge in [0.15, 0.2) is 0 Å². The van der Waals surface area contributed by atoms with Gasteiger partial charge in [0.25, 0.3) is 5.91 Å². The highest BCUT2D eigenvalue weighted by Crippen LogP contribution is 2.18. The molecule has 2 N–H and O–H groups in total. The first kappa shape index (κ1) is 22.5. The number of pyridine rings is 1. The van der Waals surface area contributed by atoms with Gasteiger partial charge in [0.05, 0.1) is 25.7 Å². The Morgan fingerprint density at radius 2 is 1.64 bits per heavy atom. The molecule has 33 heavy (non-hydrogen) atoms. The van der Waals surface area contributed by atoms with Crippen molar-refractivity contribution in [3.05, 3.63) is 95.7 Å². The van der Waals surface area contributed by atoms with Crippen molar-refractivity contribution in [2.24, 2.45) is 0 Å². The molecule has 170 valence electrons. The maximum atomic E-state index is 12.7. The summed E-state index contributed by atoms with van der Waals surface area (Å²) in [5.74, 6) is 0.566. The predicted octanol–water partition coefficient (Wildman–Crippen LogP) is 3.10. The average molecular weight is 445 g/mol. The van der Waals surface area contributed by atoms with Gasteiger partial charge in [0.2, 0.25) is 5.91 Å². The molecular formula is C26H28N4O3. The summed E-state index contributed by atoms with van der Waals surface area (Å²) in [6.07, 6.45) is 1.93. The Labute approximate surface area is 193 Å². The topological polar surface area (TPSA) is 83.6 Å². The van der Waals surface area contributed by atoms with E-state index in [4.69, 9.17) is 4.74 Å². The molecule has 0 aliphatic carbocycles. The number of nitrogens with one attached hydrogen (secondary N) is 2. The van der Waals surface area contributed by atoms with Crippen LogP contribution in [-0.2, 0) is 16.1 Å². The first-order chi connectivity index (χ1) is 16.2. The Kier molecular flexibility index (Phi) is 7.66. The van der Waals surface area contributed by atoms with Crippen LogP contribution < -0.4 is 15.5 Å². The van der Waals surface area contributed by atoms with Gasteiger partial charge in [0, 0.05) is 31.4 Å². The molecule has 1 fully saturated rings. The molecule has 1 aromatic heterocycles. The van der Waals surface area contributed by atoms with Crippen LogP contribution in [0, 0.1) is 0 Å². The SMILES string of the molecule is O=C(C[C@@H](NC(=O)c1ccccc1)c1ccccc1)NCc1ccc(N2CCOCC2)nc1. The van der Waals surface area contributed by atoms with Crippen molar-refractivity contribution in [2.75, 3.05) is 31.2 Å². The Morgan fingerprint density at radius 1 is 0.939 bits per heavy atom. The summed E-state index contributed by atoms with van der Waals surface area (Å²) in [7, 11) is 0. The van der Waals surface area contributed by atoms with E-state index in [1.807, 2.05) is 60.7 Å². The normalized spacial score (nSPS) is 14.4. The second-order valence-electron chi connectivity index (χ2n) is 7.91. The van der Waals surface area contributed by atoms with Gasteiger partial charge in [-0.25, -0.2) is 4.98 Å². The van der Waals surface area contributed by atoms with Crippen molar-refractivity contribution >= 4 is 17.6 Å². The van der Waals surface area contributed by atoms with Gasteiger partial charge < -0.3 is 20.3 Å². The Hall–Kier alpha value is -3.71. The molecule has 7 heteroatoms. The predicted molar refractivity (Wildman–Crippen MR) is 127 cm³/mol. The highest BCUT2D eigenvalue weighted by Gasteiger charge is 2.19. The molecule has 1 saturated heterocycles. The van der Waals surface area contributed by atoms with E-state index in [9.17, 15) is 9.59 Å². The highest BCUT2D eigenvalue weighted by atomic mass is 16.5. The van der Waals surface area contributed by atoms with Crippen molar-refractivity contribution < 1.29 is 14.3 Å². The van der Waals surface area contributed by atoms with E-state index in [0.717, 1.165) is 30.0 Å². The smallest absolute Gasteiger partial charge is 0.251 e. The number of benzene rings is 2. The maximum Gasteiger partial charge on any atom is 0.251 e. The van der Waals surface area contributed by atoms with E-state index in [0.29, 0.717) is 25.3 Å². The van der Waals surface area contributed by atoms with Crippen LogP contribution in [0.5, 0.6) is 0 Å². The van der Waals surface area contributed by atoms with E-state index in [1.54, 1.807) is 18.3 Å². The van der Waals surface area contributed by atoms with Crippen LogP contribution in [0.1, 0.15) is 33.9 Å². The lowest BCUT2D eigenvalue weighted by Crippen LogP contribution is -2.36. The van der Waals surface area contributed by atoms with E-state index in [2.05, 4.69) is 20.5 Å². The second kappa shape index (κ2) is 11.2. The number of hydrogen-bond acceptors (Lipinski definition) is 5. The van der Waals surface area contributed by atoms with Crippen LogP contribution >= 0.6 is 0 Å². The van der Waals surface area contributed by atoms with E-state index in [-0.39, 0.29) is 18.2 Å². The molecule has 0 radical (unpaired) electrons. The summed E-state index contributed by atoms with van der Waals surface area (Å²) in [6, 6.07) is 22.1. The highest BCUT2D eigenvalue weighted by molar-refractivity contribution is 5.94. The Bertz CT molecular complexity index is 1040. The van der Waals surface area contributed by atoms with Crippen LogP contribution in [0.25, 0.3) is 0 Å². The van der Waals surface area contributed by atoms with E-state index < -0.39 is 6.04 Å². The Balaban J connectivity index is 1.35. The lowest BCUT2D eigenvalue weighted by Gasteiger charge is -2.27. The van der Waals surface area contributed by atoms with Crippen LogP contribution in [0.15, 0.2) is 79.0 Å². The minimum Gasteiger partial charge on any atom is -0.378 e. The quantitative estimate of drug-likeness (QED) is 0.558. The van der Waals surface area contributed by atoms with Crippen LogP contribution in [-0.4, -0.2) is 43.1 Å². The van der Waals surface area contributed by atoms with Gasteiger partial charge in [-0.15, -0.1) is 0 Å². The molecule has 3 aromatic rings. The lowest BCUT2D eigenvalue weighted by atomic mass is 10.0. The molecule has 0 unspecified atom stereocenters. The molecule has 0 spiro atoms. The first-order valence-corrected chi connectivity index (χ1v) is 11.1. The minimum atomic E-state index is -0.430. The number of morpholine rings is 1. The van der Waals surface area contributed by atoms with Crippen LogP contribution in [0.4, 0.5) is 5.82 Å². The largest absolute Gasteiger partial charge is 0.378 e. The maximum absolute atomic E-state index is 12.7. The van der Waals surface area contributed by atoms with E-state index in [1.165, 1.54) is 0 Å². The number of amides is 2. The standard InChI is InChI=1S/C26H28N4O3/c31-25(28-19-20-11-12-24(27-18-20)30-13-15-33-16-14-30)17-23(21-7-3-1-4-8-21)29-26(32)22-9-5-2-6-10-22/h1-12,18,23H,13-17,19H2,(H,28,31)(H,29,32)/t23-/m1/s1. The summed E-state index contributed by atoms with van der Waals surface area (Å²) in [5, 5.41) is 5.94. The van der Waals surface area contributed by atoms with Crippen molar-refractivity contribution in [3.8, 4) is 0 Å². The van der Waals surface area contributed by atoms with Gasteiger partial charge in [0.1, 0.15) is 5.82 Å². The fourth-order valence-corrected chi connectivity index (χ4v) is 3.73. The van der Waals surface area contributed by atoms with Crippen LogP contribution in [0.2, 0.25) is 0 Å². The summed E-state index contributed by atoms with van der Waals surface area (Å²) < 4.78 is 5.38. The number of hydrogen-bond donors (Lipinski definition) is 2. The van der Waals surface area contributed by atoms with Crippen molar-refractivity contribution in [2.45, 2.75) is 19.0 Å². The second-order valence-corrected chi connectivity index (χ2v) is 7.91. The van der Waals surface area contributed by atoms with Crippen LogP contribution in [0.3, 0.4) is 0 Å². The van der Waals surface area contributed by atoms with Gasteiger partial charge in [-0.1, -0.05) is 54.6 Å². The van der Waals surface area contributed by atoms with Gasteiger partial charge >= 0.3 is 0 Å². The molecule has 7 nitrogen and oxygen atoms in total. The molecule has 1 aliphatic heterocycles. The zero-order valence-corrected chi connectivity index (χ0v) is 18.4. The summed E-state index contributed by atoms with van der Waals surface area (Å²) in [6.45, 7) is 3.46. The molecule has 2 amide bonds. The average Bonchev–Trinajstić information content (AvgIpc) is 2.89. The fourth-order valence-electron chi connectivity index (χ4n) is 3.73. The molecule has 0 bridgehead atoms. The molecular weight excluding hydrogens is 416 g/mol. The first-order valence-electron chi connectivity index (χ1n) is 11.1. The summed E-state index contributed by atoms with van der Waals surface area (Å²) in [4.78, 5) is 32.1. The molecule has 2 aromatic carbocycles. The van der Waals surface area contributed by atoms with Crippen molar-refractivity contribution in [1.82, 2.24) is 15.6 Å². The van der Waals surface area contributed by atoms with Gasteiger partial charge in [-0.2, -0.15) is 0 Å². The fraction of sp³-hybridized carbons (Fsp3) is 0.269. The number of anilines is 1. The molecule has 1 aliphatic rings. The third-order valence-electron chi connectivity index (χ3n) is 5.57. The number of carbonyl (C=O) groups excluding carboxylic acids is 2. The number of rotatable bonds is 8. The van der Waals surface area contributed by atoms with E-state index >= 15 is 0 Å². The molecule has 0 saturated carbocycles. The third kappa shape index (κ3) is 6.40. The summed E-state index contributed by atoms with van der Waals surface area (Å²) >= 11 is 0. The molecule has 4 rings (SSSR count). The van der Waals surface area contributed by atoms with Crippen molar-refractivity contribution in [1.29, 1.82) is 0 Å². The number of aromatic nitrogens is 1. The lowest BCUT2D eigenvalue weighted by molar-refractivity contribution is -0.121. The minimum absolute atomic E-state index is 0.141. The Morgan fingerprint density at radius 3 is 2.30 bits per heavy atom. The molecule has 2 heterocycles. The third-order valence-corrected chi connectivity index (χ3v) is 5.57. The monoisotopic (exact) mass is 444 g/mol. The van der Waals surface area contributed by atoms with Gasteiger partial charge in [-0.3, -0.25) is 9.59 Å². The zero-order chi connectivity index (χ0) is 22.9. The van der Waals surface area contributed by atoms with Gasteiger partial charge in [-0.05, 0) is 29.3 Å². The summed E-state index contributed by atoms with van der Waals surface area (Å²) in [5.41, 5.74) is 2.36. The number of nitrogens with zero attached hydrogens (tertiary/aromatic N) is 2. The molecule has 1 atom stereocenters.